The van der Waals surface area contributed by atoms with Gasteiger partial charge < -0.3 is 10.1 Å². The van der Waals surface area contributed by atoms with Crippen LogP contribution in [0.1, 0.15) is 48.1 Å². The van der Waals surface area contributed by atoms with E-state index in [1.165, 1.54) is 0 Å². The Morgan fingerprint density at radius 2 is 2.04 bits per heavy atom. The number of benzene rings is 1. The summed E-state index contributed by atoms with van der Waals surface area (Å²) in [7, 11) is 0. The molecule has 2 rings (SSSR count). The lowest BCUT2D eigenvalue weighted by atomic mass is 10.1. The topological polar surface area (TPSA) is 84.1 Å². The number of nitrogens with one attached hydrogen (secondary N) is 2. The number of hydrogen-bond acceptors (Lipinski definition) is 4. The van der Waals surface area contributed by atoms with Gasteiger partial charge in [-0.25, -0.2) is 4.79 Å². The number of esters is 1. The molecule has 1 aromatic heterocycles. The number of aryl methyl sites for hydroxylation is 1. The van der Waals surface area contributed by atoms with Crippen molar-refractivity contribution in [2.75, 3.05) is 6.61 Å². The van der Waals surface area contributed by atoms with Crippen molar-refractivity contribution in [2.24, 2.45) is 0 Å². The van der Waals surface area contributed by atoms with Crippen LogP contribution in [0, 0.1) is 0 Å². The molecule has 25 heavy (non-hydrogen) atoms. The van der Waals surface area contributed by atoms with Crippen molar-refractivity contribution in [1.82, 2.24) is 15.5 Å². The van der Waals surface area contributed by atoms with Gasteiger partial charge in [-0.15, -0.1) is 0 Å². The molecular weight excluding hydrogens is 365 g/mol. The SMILES string of the molecule is CCCc1cc(C(=O)OCC(=O)NC(C)c2ccc(Cl)c(Cl)c2)n[nH]1. The predicted molar refractivity (Wildman–Crippen MR) is 95.9 cm³/mol. The summed E-state index contributed by atoms with van der Waals surface area (Å²) in [5.41, 5.74) is 1.81. The third-order valence-electron chi connectivity index (χ3n) is 3.51. The minimum Gasteiger partial charge on any atom is -0.451 e. The van der Waals surface area contributed by atoms with Gasteiger partial charge >= 0.3 is 5.97 Å². The van der Waals surface area contributed by atoms with E-state index in [1.54, 1.807) is 31.2 Å². The third kappa shape index (κ3) is 5.47. The Bertz CT molecular complexity index is 761. The monoisotopic (exact) mass is 383 g/mol. The van der Waals surface area contributed by atoms with Gasteiger partial charge in [0.2, 0.25) is 0 Å². The van der Waals surface area contributed by atoms with Crippen LogP contribution in [0.15, 0.2) is 24.3 Å². The van der Waals surface area contributed by atoms with Crippen LogP contribution >= 0.6 is 23.2 Å². The molecule has 134 valence electrons. The van der Waals surface area contributed by atoms with E-state index < -0.39 is 11.9 Å². The summed E-state index contributed by atoms with van der Waals surface area (Å²) in [5.74, 6) is -1.06. The van der Waals surface area contributed by atoms with Gasteiger partial charge in [0.15, 0.2) is 12.3 Å². The Morgan fingerprint density at radius 1 is 1.28 bits per heavy atom. The highest BCUT2D eigenvalue weighted by molar-refractivity contribution is 6.42. The standard InChI is InChI=1S/C17H19Cl2N3O3/c1-3-4-12-8-15(22-21-12)17(24)25-9-16(23)20-10(2)11-5-6-13(18)14(19)7-11/h5-8,10H,3-4,9H2,1-2H3,(H,20,23)(H,21,22). The minimum atomic E-state index is -0.643. The number of amides is 1. The van der Waals surface area contributed by atoms with Crippen molar-refractivity contribution in [2.45, 2.75) is 32.7 Å². The van der Waals surface area contributed by atoms with Crippen molar-refractivity contribution in [3.05, 3.63) is 51.3 Å². The van der Waals surface area contributed by atoms with E-state index in [2.05, 4.69) is 15.5 Å². The molecule has 0 aliphatic heterocycles. The Labute approximate surface area is 155 Å². The molecule has 0 fully saturated rings. The van der Waals surface area contributed by atoms with Gasteiger partial charge in [0.1, 0.15) is 0 Å². The van der Waals surface area contributed by atoms with Crippen LogP contribution in [0.4, 0.5) is 0 Å². The molecular formula is C17H19Cl2N3O3. The second-order valence-corrected chi connectivity index (χ2v) is 6.38. The molecule has 1 atom stereocenters. The van der Waals surface area contributed by atoms with E-state index in [-0.39, 0.29) is 18.3 Å². The quantitative estimate of drug-likeness (QED) is 0.713. The number of rotatable bonds is 7. The Kier molecular flexibility index (Phi) is 6.84. The molecule has 8 heteroatoms. The molecule has 1 heterocycles. The predicted octanol–water partition coefficient (Wildman–Crippen LogP) is 3.70. The van der Waals surface area contributed by atoms with Gasteiger partial charge in [-0.05, 0) is 37.1 Å². The van der Waals surface area contributed by atoms with Gasteiger partial charge in [-0.1, -0.05) is 42.6 Å². The normalized spacial score (nSPS) is 11.8. The van der Waals surface area contributed by atoms with Crippen molar-refractivity contribution in [1.29, 1.82) is 0 Å². The summed E-state index contributed by atoms with van der Waals surface area (Å²) < 4.78 is 4.98. The van der Waals surface area contributed by atoms with Crippen LogP contribution in [-0.4, -0.2) is 28.7 Å². The first-order valence-corrected chi connectivity index (χ1v) is 8.62. The molecule has 0 aliphatic rings. The van der Waals surface area contributed by atoms with Crippen molar-refractivity contribution in [3.63, 3.8) is 0 Å². The average Bonchev–Trinajstić information content (AvgIpc) is 3.04. The number of hydrogen-bond donors (Lipinski definition) is 2. The molecule has 1 amide bonds. The molecule has 0 saturated carbocycles. The average molecular weight is 384 g/mol. The second kappa shape index (κ2) is 8.87. The van der Waals surface area contributed by atoms with E-state index in [0.717, 1.165) is 24.1 Å². The highest BCUT2D eigenvalue weighted by atomic mass is 35.5. The second-order valence-electron chi connectivity index (χ2n) is 5.57. The first-order chi connectivity index (χ1) is 11.9. The Balaban J connectivity index is 1.84. The first kappa shape index (κ1) is 19.3. The molecule has 2 N–H and O–H groups in total. The largest absolute Gasteiger partial charge is 0.451 e. The fraction of sp³-hybridized carbons (Fsp3) is 0.353. The van der Waals surface area contributed by atoms with Crippen molar-refractivity contribution < 1.29 is 14.3 Å². The Morgan fingerprint density at radius 3 is 2.72 bits per heavy atom. The van der Waals surface area contributed by atoms with Crippen LogP contribution in [0.25, 0.3) is 0 Å². The lowest BCUT2D eigenvalue weighted by molar-refractivity contribution is -0.124. The molecule has 1 unspecified atom stereocenters. The fourth-order valence-electron chi connectivity index (χ4n) is 2.22. The lowest BCUT2D eigenvalue weighted by Crippen LogP contribution is -2.31. The van der Waals surface area contributed by atoms with Crippen LogP contribution in [0.5, 0.6) is 0 Å². The number of aromatic amines is 1. The zero-order valence-corrected chi connectivity index (χ0v) is 15.4. The maximum atomic E-state index is 11.9. The molecule has 2 aromatic rings. The summed E-state index contributed by atoms with van der Waals surface area (Å²) >= 11 is 11.8. The van der Waals surface area contributed by atoms with Crippen LogP contribution < -0.4 is 5.32 Å². The molecule has 0 bridgehead atoms. The number of nitrogens with zero attached hydrogens (tertiary/aromatic N) is 1. The molecule has 0 radical (unpaired) electrons. The molecule has 0 spiro atoms. The molecule has 6 nitrogen and oxygen atoms in total. The van der Waals surface area contributed by atoms with E-state index in [9.17, 15) is 9.59 Å². The van der Waals surface area contributed by atoms with Crippen LogP contribution in [-0.2, 0) is 16.0 Å². The third-order valence-corrected chi connectivity index (χ3v) is 4.25. The zero-order valence-electron chi connectivity index (χ0n) is 13.9. The number of ether oxygens (including phenoxy) is 1. The Hall–Kier alpha value is -2.05. The summed E-state index contributed by atoms with van der Waals surface area (Å²) in [5, 5.41) is 10.2. The highest BCUT2D eigenvalue weighted by Crippen LogP contribution is 2.25. The van der Waals surface area contributed by atoms with Crippen molar-refractivity contribution in [3.8, 4) is 0 Å². The molecule has 1 aromatic carbocycles. The van der Waals surface area contributed by atoms with E-state index >= 15 is 0 Å². The first-order valence-electron chi connectivity index (χ1n) is 7.86. The van der Waals surface area contributed by atoms with E-state index in [0.29, 0.717) is 10.0 Å². The number of halogens is 2. The van der Waals surface area contributed by atoms with Gasteiger partial charge in [0, 0.05) is 5.69 Å². The summed E-state index contributed by atoms with van der Waals surface area (Å²) in [6.07, 6.45) is 1.73. The number of H-pyrrole nitrogens is 1. The molecule has 0 saturated heterocycles. The summed E-state index contributed by atoms with van der Waals surface area (Å²) in [6.45, 7) is 3.43. The summed E-state index contributed by atoms with van der Waals surface area (Å²) in [6, 6.07) is 6.43. The fourth-order valence-corrected chi connectivity index (χ4v) is 2.52. The number of carbonyl (C=O) groups is 2. The molecule has 0 aliphatic carbocycles. The van der Waals surface area contributed by atoms with Crippen molar-refractivity contribution >= 4 is 35.1 Å². The van der Waals surface area contributed by atoms with Gasteiger partial charge in [-0.2, -0.15) is 5.10 Å². The zero-order chi connectivity index (χ0) is 18.4. The van der Waals surface area contributed by atoms with E-state index in [4.69, 9.17) is 27.9 Å². The van der Waals surface area contributed by atoms with Crippen LogP contribution in [0.2, 0.25) is 10.0 Å². The number of carbonyl (C=O) groups excluding carboxylic acids is 2. The smallest absolute Gasteiger partial charge is 0.359 e. The maximum Gasteiger partial charge on any atom is 0.359 e. The van der Waals surface area contributed by atoms with Crippen LogP contribution in [0.3, 0.4) is 0 Å². The summed E-state index contributed by atoms with van der Waals surface area (Å²) in [4.78, 5) is 23.8. The lowest BCUT2D eigenvalue weighted by Gasteiger charge is -2.15. The van der Waals surface area contributed by atoms with Gasteiger partial charge in [0.25, 0.3) is 5.91 Å². The van der Waals surface area contributed by atoms with E-state index in [1.807, 2.05) is 6.92 Å². The van der Waals surface area contributed by atoms with Gasteiger partial charge in [-0.3, -0.25) is 9.89 Å². The minimum absolute atomic E-state index is 0.161. The highest BCUT2D eigenvalue weighted by Gasteiger charge is 2.16. The number of aromatic nitrogens is 2. The maximum absolute atomic E-state index is 11.9. The van der Waals surface area contributed by atoms with Gasteiger partial charge in [0.05, 0.1) is 16.1 Å².